The first-order valence-corrected chi connectivity index (χ1v) is 9.07. The van der Waals surface area contributed by atoms with Crippen LogP contribution in [0.4, 0.5) is 10.2 Å². The van der Waals surface area contributed by atoms with Crippen molar-refractivity contribution in [2.45, 2.75) is 25.4 Å². The lowest BCUT2D eigenvalue weighted by Crippen LogP contribution is -2.40. The number of aromatic nitrogens is 2. The van der Waals surface area contributed by atoms with Gasteiger partial charge in [-0.2, -0.15) is 10.2 Å². The summed E-state index contributed by atoms with van der Waals surface area (Å²) < 4.78 is 15.1. The summed E-state index contributed by atoms with van der Waals surface area (Å²) in [5.74, 6) is 0.155. The van der Waals surface area contributed by atoms with Crippen LogP contribution in [0.5, 0.6) is 0 Å². The van der Waals surface area contributed by atoms with Crippen LogP contribution in [0.1, 0.15) is 16.8 Å². The normalized spacial score (nSPS) is 15.5. The van der Waals surface area contributed by atoms with Gasteiger partial charge in [0.25, 0.3) is 0 Å². The molecule has 0 radical (unpaired) electrons. The summed E-state index contributed by atoms with van der Waals surface area (Å²) in [5, 5.41) is 8.95. The molecule has 1 aromatic heterocycles. The molecule has 7 nitrogen and oxygen atoms in total. The van der Waals surface area contributed by atoms with Crippen LogP contribution in [-0.4, -0.2) is 54.0 Å². The van der Waals surface area contributed by atoms with Gasteiger partial charge in [0, 0.05) is 12.6 Å². The number of halogens is 1. The van der Waals surface area contributed by atoms with Crippen LogP contribution in [0.15, 0.2) is 29.1 Å². The van der Waals surface area contributed by atoms with E-state index in [-0.39, 0.29) is 23.8 Å². The Morgan fingerprint density at radius 3 is 2.82 bits per heavy atom. The number of fused-ring (bicyclic) bond motifs is 1. The van der Waals surface area contributed by atoms with Gasteiger partial charge in [0.15, 0.2) is 0 Å². The Balaban J connectivity index is 1.83. The highest BCUT2D eigenvalue weighted by atomic mass is 19.1. The third-order valence-electron chi connectivity index (χ3n) is 4.84. The van der Waals surface area contributed by atoms with E-state index in [4.69, 9.17) is 5.26 Å². The third kappa shape index (κ3) is 4.10. The third-order valence-corrected chi connectivity index (χ3v) is 4.84. The molecule has 146 valence electrons. The zero-order valence-electron chi connectivity index (χ0n) is 15.9. The molecule has 1 atom stereocenters. The molecular weight excluding hydrogens is 361 g/mol. The van der Waals surface area contributed by atoms with Gasteiger partial charge in [-0.3, -0.25) is 4.57 Å². The molecule has 0 N–H and O–H groups in total. The smallest absolute Gasteiger partial charge is 0.345 e. The molecule has 0 fully saturated rings. The fourth-order valence-electron chi connectivity index (χ4n) is 3.56. The number of hydrogen-bond donors (Lipinski definition) is 0. The summed E-state index contributed by atoms with van der Waals surface area (Å²) in [6.07, 6.45) is 1.84. The number of carbonyl (C=O) groups is 1. The minimum absolute atomic E-state index is 0.00293. The van der Waals surface area contributed by atoms with Gasteiger partial charge in [0.2, 0.25) is 0 Å². The summed E-state index contributed by atoms with van der Waals surface area (Å²) in [6, 6.07) is 8.12. The molecule has 2 heterocycles. The van der Waals surface area contributed by atoms with Crippen molar-refractivity contribution >= 4 is 12.1 Å². The highest BCUT2D eigenvalue weighted by molar-refractivity contribution is 5.61. The molecule has 0 aliphatic carbocycles. The van der Waals surface area contributed by atoms with Gasteiger partial charge in [0.1, 0.15) is 24.0 Å². The van der Waals surface area contributed by atoms with E-state index in [0.717, 1.165) is 18.4 Å². The summed E-state index contributed by atoms with van der Waals surface area (Å²) >= 11 is 0. The molecule has 0 bridgehead atoms. The van der Waals surface area contributed by atoms with Crippen LogP contribution >= 0.6 is 0 Å². The largest absolute Gasteiger partial charge is 0.349 e. The summed E-state index contributed by atoms with van der Waals surface area (Å²) in [6.45, 7) is 1.43. The van der Waals surface area contributed by atoms with Crippen LogP contribution in [0.25, 0.3) is 0 Å². The van der Waals surface area contributed by atoms with Crippen LogP contribution in [0.2, 0.25) is 0 Å². The second kappa shape index (κ2) is 8.31. The van der Waals surface area contributed by atoms with E-state index < -0.39 is 5.82 Å². The van der Waals surface area contributed by atoms with E-state index in [2.05, 4.69) is 4.98 Å². The van der Waals surface area contributed by atoms with Crippen molar-refractivity contribution < 1.29 is 9.18 Å². The molecule has 2 aromatic rings. The molecule has 1 unspecified atom stereocenters. The van der Waals surface area contributed by atoms with Gasteiger partial charge < -0.3 is 14.6 Å². The van der Waals surface area contributed by atoms with Crippen molar-refractivity contribution in [2.24, 2.45) is 0 Å². The quantitative estimate of drug-likeness (QED) is 0.663. The molecule has 0 spiro atoms. The van der Waals surface area contributed by atoms with Crippen molar-refractivity contribution in [1.82, 2.24) is 14.5 Å². The molecular formula is C20H22FN5O2. The summed E-state index contributed by atoms with van der Waals surface area (Å²) in [5.41, 5.74) is 1.08. The molecule has 1 aliphatic heterocycles. The SMILES string of the molecule is CN(C)CC1Cn2c(cc(CCc3ccc(F)c(C#N)c3)nc2=O)N1CC=O. The minimum Gasteiger partial charge on any atom is -0.345 e. The molecule has 1 aromatic carbocycles. The minimum atomic E-state index is -0.545. The van der Waals surface area contributed by atoms with Crippen molar-refractivity contribution in [3.63, 3.8) is 0 Å². The van der Waals surface area contributed by atoms with Crippen molar-refractivity contribution in [3.8, 4) is 6.07 Å². The topological polar surface area (TPSA) is 82.2 Å². The summed E-state index contributed by atoms with van der Waals surface area (Å²) in [4.78, 5) is 31.8. The zero-order chi connectivity index (χ0) is 20.3. The average Bonchev–Trinajstić information content (AvgIpc) is 2.99. The van der Waals surface area contributed by atoms with Gasteiger partial charge in [-0.25, -0.2) is 9.18 Å². The molecule has 1 aliphatic rings. The maximum absolute atomic E-state index is 13.5. The zero-order valence-corrected chi connectivity index (χ0v) is 15.9. The number of rotatable bonds is 7. The maximum Gasteiger partial charge on any atom is 0.349 e. The van der Waals surface area contributed by atoms with Crippen LogP contribution < -0.4 is 10.6 Å². The Morgan fingerprint density at radius 2 is 2.14 bits per heavy atom. The van der Waals surface area contributed by atoms with E-state index in [1.165, 1.54) is 12.1 Å². The molecule has 0 amide bonds. The van der Waals surface area contributed by atoms with E-state index in [9.17, 15) is 14.0 Å². The first-order chi connectivity index (χ1) is 13.4. The number of nitrogens with zero attached hydrogens (tertiary/aromatic N) is 5. The maximum atomic E-state index is 13.5. The molecule has 0 saturated carbocycles. The molecule has 3 rings (SSSR count). The van der Waals surface area contributed by atoms with Crippen molar-refractivity contribution in [3.05, 3.63) is 57.4 Å². The number of carbonyl (C=O) groups excluding carboxylic acids is 1. The number of likely N-dealkylation sites (N-methyl/N-ethyl adjacent to an activating group) is 1. The number of benzene rings is 1. The second-order valence-electron chi connectivity index (χ2n) is 7.16. The lowest BCUT2D eigenvalue weighted by Gasteiger charge is -2.26. The Bertz CT molecular complexity index is 980. The molecule has 0 saturated heterocycles. The van der Waals surface area contributed by atoms with E-state index in [1.54, 1.807) is 10.6 Å². The Morgan fingerprint density at radius 1 is 1.36 bits per heavy atom. The van der Waals surface area contributed by atoms with Crippen LogP contribution in [-0.2, 0) is 24.2 Å². The van der Waals surface area contributed by atoms with Gasteiger partial charge >= 0.3 is 5.69 Å². The number of anilines is 1. The van der Waals surface area contributed by atoms with Crippen molar-refractivity contribution in [1.29, 1.82) is 5.26 Å². The number of aldehydes is 1. The Kier molecular flexibility index (Phi) is 5.85. The highest BCUT2D eigenvalue weighted by Crippen LogP contribution is 2.25. The van der Waals surface area contributed by atoms with E-state index in [1.807, 2.05) is 36.0 Å². The lowest BCUT2D eigenvalue weighted by molar-refractivity contribution is -0.106. The predicted molar refractivity (Wildman–Crippen MR) is 103 cm³/mol. The second-order valence-corrected chi connectivity index (χ2v) is 7.16. The van der Waals surface area contributed by atoms with Crippen LogP contribution in [0, 0.1) is 17.1 Å². The summed E-state index contributed by atoms with van der Waals surface area (Å²) in [7, 11) is 3.90. The molecule has 28 heavy (non-hydrogen) atoms. The Hall–Kier alpha value is -3.05. The first-order valence-electron chi connectivity index (χ1n) is 9.07. The fourth-order valence-corrected chi connectivity index (χ4v) is 3.56. The van der Waals surface area contributed by atoms with Gasteiger partial charge in [-0.15, -0.1) is 0 Å². The van der Waals surface area contributed by atoms with Crippen molar-refractivity contribution in [2.75, 3.05) is 32.1 Å². The Labute approximate surface area is 162 Å². The predicted octanol–water partition coefficient (Wildman–Crippen LogP) is 0.988. The standard InChI is InChI=1S/C20H22FN5O2/c1-24(2)12-17-13-26-19(25(17)7-8-27)10-16(23-20(26)28)5-3-14-4-6-18(21)15(9-14)11-22/h4,6,8-10,17H,3,5,7,12-13H2,1-2H3. The number of hydrogen-bond acceptors (Lipinski definition) is 6. The van der Waals surface area contributed by atoms with Crippen LogP contribution in [0.3, 0.4) is 0 Å². The highest BCUT2D eigenvalue weighted by Gasteiger charge is 2.30. The molecule has 8 heteroatoms. The van der Waals surface area contributed by atoms with E-state index >= 15 is 0 Å². The van der Waals surface area contributed by atoms with Gasteiger partial charge in [-0.05, 0) is 44.6 Å². The monoisotopic (exact) mass is 383 g/mol. The lowest BCUT2D eigenvalue weighted by atomic mass is 10.1. The fraction of sp³-hybridized carbons (Fsp3) is 0.400. The number of aryl methyl sites for hydroxylation is 2. The van der Waals surface area contributed by atoms with E-state index in [0.29, 0.717) is 30.9 Å². The average molecular weight is 383 g/mol. The first kappa shape index (κ1) is 19.7. The number of nitriles is 1. The van der Waals surface area contributed by atoms with Gasteiger partial charge in [0.05, 0.1) is 30.4 Å². The van der Waals surface area contributed by atoms with Gasteiger partial charge in [-0.1, -0.05) is 6.07 Å².